The maximum atomic E-state index is 13.6. The zero-order chi connectivity index (χ0) is 60.0. The van der Waals surface area contributed by atoms with Crippen LogP contribution in [0.4, 0.5) is 0 Å². The maximum absolute atomic E-state index is 13.6. The Labute approximate surface area is 507 Å². The van der Waals surface area contributed by atoms with Gasteiger partial charge in [0.05, 0.1) is 33.8 Å². The molecule has 0 saturated carbocycles. The Hall–Kier alpha value is -3.07. The lowest BCUT2D eigenvalue weighted by molar-refractivity contribution is -0.870. The number of carbonyl (C=O) groups is 2. The zero-order valence-electron chi connectivity index (χ0n) is 54.2. The number of esters is 1. The second-order valence-electron chi connectivity index (χ2n) is 23.9. The van der Waals surface area contributed by atoms with Crippen LogP contribution in [0.2, 0.25) is 0 Å². The van der Waals surface area contributed by atoms with Crippen molar-refractivity contribution in [2.75, 3.05) is 40.9 Å². The molecule has 3 unspecified atom stereocenters. The minimum atomic E-state index is -4.71. The summed E-state index contributed by atoms with van der Waals surface area (Å²) >= 11 is 0. The number of rotatable bonds is 61. The van der Waals surface area contributed by atoms with E-state index in [-0.39, 0.29) is 24.9 Å². The number of nitrogens with zero attached hydrogens (tertiary/aromatic N) is 1. The Morgan fingerprint density at radius 2 is 0.780 bits per heavy atom. The standard InChI is InChI=1S/C72H129N2O7P/c1-7-10-13-16-19-22-25-28-30-32-34-36-37-39-41-43-45-47-50-53-56-59-62-65-72(76)81-70(63-60-57-54-51-48-27-24-21-18-15-12-9-3)69(68-80-82(77,78)79-67-66-74(4,5)6)73-71(75)64-61-58-55-52-49-46-44-42-40-38-35-33-31-29-26-23-20-17-14-11-8-2/h10,13,19,22,28-31,34,36,39,41,45,47,60,63,69-70H,7-9,11-12,14-18,20-21,23-27,32-33,35,37-38,40,42-44,46,48-59,61-62,64-68H2,1-6H3,(H-,73,75,77,78)/b13-10-,22-19-,30-28-,31-29+,36-34-,41-39-,47-45-,63-60+. The van der Waals surface area contributed by atoms with E-state index in [9.17, 15) is 19.0 Å². The molecule has 1 N–H and O–H groups in total. The molecule has 0 radical (unpaired) electrons. The lowest BCUT2D eigenvalue weighted by atomic mass is 10.0. The number of quaternary nitrogens is 1. The van der Waals surface area contributed by atoms with Crippen LogP contribution in [0.15, 0.2) is 97.2 Å². The first-order valence-electron chi connectivity index (χ1n) is 34.0. The maximum Gasteiger partial charge on any atom is 0.306 e. The number of phosphoric ester groups is 1. The van der Waals surface area contributed by atoms with Crippen molar-refractivity contribution in [2.45, 2.75) is 309 Å². The van der Waals surface area contributed by atoms with E-state index in [1.54, 1.807) is 0 Å². The third kappa shape index (κ3) is 61.5. The minimum absolute atomic E-state index is 0.0304. The molecule has 0 rings (SSSR count). The number of carbonyl (C=O) groups excluding carboxylic acids is 2. The third-order valence-electron chi connectivity index (χ3n) is 14.7. The number of likely N-dealkylation sites (N-methyl/N-ethyl adjacent to an activating group) is 1. The average molecular weight is 1170 g/mol. The zero-order valence-corrected chi connectivity index (χ0v) is 55.1. The van der Waals surface area contributed by atoms with Crippen LogP contribution in [0.25, 0.3) is 0 Å². The number of amides is 1. The molecule has 82 heavy (non-hydrogen) atoms. The van der Waals surface area contributed by atoms with Gasteiger partial charge in [-0.25, -0.2) is 0 Å². The molecule has 0 aliphatic carbocycles. The van der Waals surface area contributed by atoms with Crippen molar-refractivity contribution in [1.29, 1.82) is 0 Å². The second kappa shape index (κ2) is 61.0. The normalized spacial score (nSPS) is 14.2. The van der Waals surface area contributed by atoms with Crippen molar-refractivity contribution in [1.82, 2.24) is 5.32 Å². The van der Waals surface area contributed by atoms with Crippen molar-refractivity contribution in [3.8, 4) is 0 Å². The van der Waals surface area contributed by atoms with E-state index >= 15 is 0 Å². The molecule has 0 bridgehead atoms. The summed E-state index contributed by atoms with van der Waals surface area (Å²) in [5, 5.41) is 3.03. The fraction of sp³-hybridized carbons (Fsp3) is 0.750. The summed E-state index contributed by atoms with van der Waals surface area (Å²) in [6.07, 6.45) is 82.4. The van der Waals surface area contributed by atoms with E-state index in [0.29, 0.717) is 23.9 Å². The smallest absolute Gasteiger partial charge is 0.306 e. The van der Waals surface area contributed by atoms with Crippen molar-refractivity contribution in [3.05, 3.63) is 97.2 Å². The highest BCUT2D eigenvalue weighted by atomic mass is 31.2. The van der Waals surface area contributed by atoms with Gasteiger partial charge in [0.1, 0.15) is 19.3 Å². The molecule has 0 aromatic rings. The van der Waals surface area contributed by atoms with Crippen LogP contribution in [0.5, 0.6) is 0 Å². The highest BCUT2D eigenvalue weighted by Gasteiger charge is 2.27. The molecular weight excluding hydrogens is 1040 g/mol. The summed E-state index contributed by atoms with van der Waals surface area (Å²) in [7, 11) is 1.16. The Kier molecular flexibility index (Phi) is 58.7. The number of unbranched alkanes of at least 4 members (excludes halogenated alkanes) is 31. The SMILES string of the molecule is CC/C=C\C/C=C\C/C=C\C/C=C\C/C=C\C/C=C\CCCCCCC(=O)OC(/C=C/CCCCCCCCCCCC)C(COP(=O)([O-])OCC[N+](C)(C)C)NC(=O)CCCCCCCCCCCCC/C=C/CCCCCCCC. The van der Waals surface area contributed by atoms with Crippen LogP contribution in [-0.4, -0.2) is 69.4 Å². The van der Waals surface area contributed by atoms with E-state index in [0.717, 1.165) is 103 Å². The monoisotopic (exact) mass is 1160 g/mol. The molecule has 474 valence electrons. The van der Waals surface area contributed by atoms with E-state index < -0.39 is 26.6 Å². The Balaban J connectivity index is 5.20. The summed E-state index contributed by atoms with van der Waals surface area (Å²) in [4.78, 5) is 40.1. The fourth-order valence-corrected chi connectivity index (χ4v) is 10.2. The number of hydrogen-bond acceptors (Lipinski definition) is 7. The molecule has 0 aromatic heterocycles. The van der Waals surface area contributed by atoms with Crippen molar-refractivity contribution in [3.63, 3.8) is 0 Å². The molecule has 3 atom stereocenters. The van der Waals surface area contributed by atoms with Crippen LogP contribution in [0.1, 0.15) is 297 Å². The van der Waals surface area contributed by atoms with Gasteiger partial charge in [-0.2, -0.15) is 0 Å². The quantitative estimate of drug-likeness (QED) is 0.0212. The number of nitrogens with one attached hydrogen (secondary N) is 1. The van der Waals surface area contributed by atoms with E-state index in [4.69, 9.17) is 13.8 Å². The van der Waals surface area contributed by atoms with Crippen LogP contribution >= 0.6 is 7.82 Å². The second-order valence-corrected chi connectivity index (χ2v) is 25.4. The summed E-state index contributed by atoms with van der Waals surface area (Å²) in [5.74, 6) is -0.569. The number of ether oxygens (including phenoxy) is 1. The predicted octanol–water partition coefficient (Wildman–Crippen LogP) is 20.9. The largest absolute Gasteiger partial charge is 0.756 e. The van der Waals surface area contributed by atoms with Gasteiger partial charge >= 0.3 is 5.97 Å². The van der Waals surface area contributed by atoms with Crippen LogP contribution in [0, 0.1) is 0 Å². The topological polar surface area (TPSA) is 114 Å². The Bertz CT molecular complexity index is 1720. The van der Waals surface area contributed by atoms with Gasteiger partial charge in [0, 0.05) is 12.8 Å². The number of allylic oxidation sites excluding steroid dienone is 15. The van der Waals surface area contributed by atoms with Gasteiger partial charge in [-0.15, -0.1) is 0 Å². The first-order chi connectivity index (χ1) is 39.9. The average Bonchev–Trinajstić information content (AvgIpc) is 3.44. The summed E-state index contributed by atoms with van der Waals surface area (Å²) in [6.45, 7) is 6.72. The minimum Gasteiger partial charge on any atom is -0.756 e. The lowest BCUT2D eigenvalue weighted by Crippen LogP contribution is -2.47. The molecule has 0 spiro atoms. The van der Waals surface area contributed by atoms with Crippen molar-refractivity contribution in [2.24, 2.45) is 0 Å². The Morgan fingerprint density at radius 1 is 0.439 bits per heavy atom. The van der Waals surface area contributed by atoms with Crippen LogP contribution < -0.4 is 10.2 Å². The van der Waals surface area contributed by atoms with Crippen LogP contribution in [-0.2, 0) is 27.9 Å². The molecule has 1 amide bonds. The van der Waals surface area contributed by atoms with Crippen molar-refractivity contribution >= 4 is 19.7 Å². The molecule has 0 aromatic carbocycles. The lowest BCUT2D eigenvalue weighted by Gasteiger charge is -2.30. The van der Waals surface area contributed by atoms with Crippen molar-refractivity contribution < 1.29 is 37.3 Å². The molecule has 10 heteroatoms. The number of hydrogen-bond donors (Lipinski definition) is 1. The van der Waals surface area contributed by atoms with Crippen LogP contribution in [0.3, 0.4) is 0 Å². The number of phosphoric acid groups is 1. The fourth-order valence-electron chi connectivity index (χ4n) is 9.52. The highest BCUT2D eigenvalue weighted by Crippen LogP contribution is 2.38. The van der Waals surface area contributed by atoms with Gasteiger partial charge in [-0.1, -0.05) is 272 Å². The Morgan fingerprint density at radius 3 is 1.18 bits per heavy atom. The first kappa shape index (κ1) is 78.9. The van der Waals surface area contributed by atoms with Gasteiger partial charge in [0.2, 0.25) is 5.91 Å². The van der Waals surface area contributed by atoms with E-state index in [1.807, 2.05) is 33.3 Å². The predicted molar refractivity (Wildman–Crippen MR) is 353 cm³/mol. The first-order valence-corrected chi connectivity index (χ1v) is 35.5. The highest BCUT2D eigenvalue weighted by molar-refractivity contribution is 7.45. The van der Waals surface area contributed by atoms with E-state index in [1.165, 1.54) is 154 Å². The molecular formula is C72H129N2O7P. The molecule has 0 aliphatic heterocycles. The molecule has 9 nitrogen and oxygen atoms in total. The van der Waals surface area contributed by atoms with Gasteiger partial charge in [0.25, 0.3) is 7.82 Å². The summed E-state index contributed by atoms with van der Waals surface area (Å²) < 4.78 is 30.4. The molecule has 0 heterocycles. The molecule has 0 aliphatic rings. The van der Waals surface area contributed by atoms with Gasteiger partial charge in [-0.3, -0.25) is 14.2 Å². The van der Waals surface area contributed by atoms with E-state index in [2.05, 4.69) is 111 Å². The van der Waals surface area contributed by atoms with Gasteiger partial charge in [0.15, 0.2) is 0 Å². The molecule has 0 saturated heterocycles. The third-order valence-corrected chi connectivity index (χ3v) is 15.7. The van der Waals surface area contributed by atoms with Gasteiger partial charge < -0.3 is 28.5 Å². The summed E-state index contributed by atoms with van der Waals surface area (Å²) in [6, 6.07) is -0.905. The molecule has 0 fully saturated rings. The van der Waals surface area contributed by atoms with Gasteiger partial charge in [-0.05, 0) is 109 Å². The summed E-state index contributed by atoms with van der Waals surface area (Å²) in [5.41, 5.74) is 0.